The van der Waals surface area contributed by atoms with Crippen LogP contribution in [0.4, 0.5) is 13.2 Å². The normalized spacial score (nSPS) is 15.0. The van der Waals surface area contributed by atoms with E-state index in [1.165, 1.54) is 0 Å². The maximum Gasteiger partial charge on any atom is 0.441 e. The van der Waals surface area contributed by atoms with Crippen LogP contribution in [0.25, 0.3) is 0 Å². The molecular formula is C6H12F3NS. The fourth-order valence-corrected chi connectivity index (χ4v) is 1.14. The molecule has 68 valence electrons. The molecule has 0 aliphatic carbocycles. The molecule has 0 bridgehead atoms. The Kier molecular flexibility index (Phi) is 4.92. The second kappa shape index (κ2) is 4.87. The van der Waals surface area contributed by atoms with Gasteiger partial charge in [0.05, 0.1) is 0 Å². The monoisotopic (exact) mass is 187 g/mol. The van der Waals surface area contributed by atoms with Crippen molar-refractivity contribution in [2.75, 3.05) is 5.75 Å². The Morgan fingerprint density at radius 2 is 2.00 bits per heavy atom. The van der Waals surface area contributed by atoms with Crippen molar-refractivity contribution in [1.29, 1.82) is 0 Å². The summed E-state index contributed by atoms with van der Waals surface area (Å²) in [5.41, 5.74) is 1.27. The van der Waals surface area contributed by atoms with Gasteiger partial charge in [0.2, 0.25) is 0 Å². The molecule has 1 atom stereocenters. The van der Waals surface area contributed by atoms with Gasteiger partial charge in [0.1, 0.15) is 0 Å². The van der Waals surface area contributed by atoms with Gasteiger partial charge in [-0.3, -0.25) is 0 Å². The first-order valence-corrected chi connectivity index (χ1v) is 4.36. The van der Waals surface area contributed by atoms with Crippen molar-refractivity contribution >= 4 is 11.8 Å². The van der Waals surface area contributed by atoms with Crippen LogP contribution in [-0.4, -0.2) is 17.3 Å². The van der Waals surface area contributed by atoms with Crippen LogP contribution in [0.5, 0.6) is 0 Å². The van der Waals surface area contributed by atoms with Gasteiger partial charge in [0, 0.05) is 11.8 Å². The van der Waals surface area contributed by atoms with Gasteiger partial charge in [-0.2, -0.15) is 13.2 Å². The van der Waals surface area contributed by atoms with Gasteiger partial charge in [0.15, 0.2) is 0 Å². The number of thioether (sulfide) groups is 1. The highest BCUT2D eigenvalue weighted by Crippen LogP contribution is 2.30. The summed E-state index contributed by atoms with van der Waals surface area (Å²) >= 11 is 0.0200. The van der Waals surface area contributed by atoms with Gasteiger partial charge in [0.25, 0.3) is 0 Å². The van der Waals surface area contributed by atoms with Crippen LogP contribution in [0.3, 0.4) is 0 Å². The van der Waals surface area contributed by atoms with Gasteiger partial charge in [-0.05, 0) is 19.8 Å². The lowest BCUT2D eigenvalue weighted by molar-refractivity contribution is -0.0328. The van der Waals surface area contributed by atoms with Crippen LogP contribution in [0.2, 0.25) is 0 Å². The average molecular weight is 187 g/mol. The Bertz CT molecular complexity index is 102. The van der Waals surface area contributed by atoms with E-state index in [0.29, 0.717) is 12.8 Å². The SMILES string of the molecule is CC(N)CCCSC(F)(F)F. The number of rotatable bonds is 4. The predicted molar refractivity (Wildman–Crippen MR) is 41.4 cm³/mol. The maximum absolute atomic E-state index is 11.5. The fourth-order valence-electron chi connectivity index (χ4n) is 0.593. The lowest BCUT2D eigenvalue weighted by atomic mass is 10.2. The summed E-state index contributed by atoms with van der Waals surface area (Å²) in [5, 5.41) is 0. The Balaban J connectivity index is 3.15. The van der Waals surface area contributed by atoms with E-state index in [1.54, 1.807) is 6.92 Å². The number of nitrogens with two attached hydrogens (primary N) is 1. The average Bonchev–Trinajstić information content (AvgIpc) is 1.78. The standard InChI is InChI=1S/C6H12F3NS/c1-5(10)3-2-4-11-6(7,8)9/h5H,2-4,10H2,1H3. The van der Waals surface area contributed by atoms with Crippen LogP contribution in [0, 0.1) is 0 Å². The van der Waals surface area contributed by atoms with Gasteiger partial charge in [-0.1, -0.05) is 11.8 Å². The molecule has 0 rings (SSSR count). The third-order valence-corrected chi connectivity index (χ3v) is 1.89. The van der Waals surface area contributed by atoms with Crippen molar-refractivity contribution < 1.29 is 13.2 Å². The quantitative estimate of drug-likeness (QED) is 0.684. The summed E-state index contributed by atoms with van der Waals surface area (Å²) in [6.07, 6.45) is 1.19. The third kappa shape index (κ3) is 10.1. The maximum atomic E-state index is 11.5. The molecule has 0 amide bonds. The minimum absolute atomic E-state index is 0.00355. The Labute approximate surface area is 68.5 Å². The number of hydrogen-bond acceptors (Lipinski definition) is 2. The van der Waals surface area contributed by atoms with E-state index < -0.39 is 5.51 Å². The topological polar surface area (TPSA) is 26.0 Å². The van der Waals surface area contributed by atoms with E-state index in [-0.39, 0.29) is 23.6 Å². The van der Waals surface area contributed by atoms with E-state index in [2.05, 4.69) is 0 Å². The van der Waals surface area contributed by atoms with Gasteiger partial charge in [-0.15, -0.1) is 0 Å². The van der Waals surface area contributed by atoms with Crippen molar-refractivity contribution in [3.8, 4) is 0 Å². The molecule has 0 radical (unpaired) electrons. The zero-order valence-electron chi connectivity index (χ0n) is 6.32. The van der Waals surface area contributed by atoms with E-state index in [9.17, 15) is 13.2 Å². The van der Waals surface area contributed by atoms with Crippen LogP contribution < -0.4 is 5.73 Å². The van der Waals surface area contributed by atoms with Crippen molar-refractivity contribution in [1.82, 2.24) is 0 Å². The summed E-state index contributed by atoms with van der Waals surface area (Å²) in [4.78, 5) is 0. The van der Waals surface area contributed by atoms with Gasteiger partial charge < -0.3 is 5.73 Å². The van der Waals surface area contributed by atoms with E-state index in [4.69, 9.17) is 5.73 Å². The smallest absolute Gasteiger partial charge is 0.328 e. The Hall–Kier alpha value is 0.100. The molecular weight excluding hydrogens is 175 g/mol. The summed E-state index contributed by atoms with van der Waals surface area (Å²) < 4.78 is 34.5. The molecule has 1 nitrogen and oxygen atoms in total. The largest absolute Gasteiger partial charge is 0.441 e. The molecule has 0 aromatic carbocycles. The van der Waals surface area contributed by atoms with Crippen molar-refractivity contribution in [2.45, 2.75) is 31.3 Å². The number of hydrogen-bond donors (Lipinski definition) is 1. The Morgan fingerprint density at radius 1 is 1.45 bits per heavy atom. The zero-order chi connectivity index (χ0) is 8.91. The first-order valence-electron chi connectivity index (χ1n) is 3.38. The molecule has 0 aliphatic heterocycles. The number of halogens is 3. The molecule has 0 aliphatic rings. The molecule has 5 heteroatoms. The first-order chi connectivity index (χ1) is 4.92. The van der Waals surface area contributed by atoms with Crippen molar-refractivity contribution in [2.24, 2.45) is 5.73 Å². The first kappa shape index (κ1) is 11.1. The third-order valence-electron chi connectivity index (χ3n) is 1.07. The molecule has 0 saturated heterocycles. The van der Waals surface area contributed by atoms with E-state index >= 15 is 0 Å². The highest BCUT2D eigenvalue weighted by Gasteiger charge is 2.27. The molecule has 1 unspecified atom stereocenters. The van der Waals surface area contributed by atoms with Crippen LogP contribution in [0.15, 0.2) is 0 Å². The molecule has 2 N–H and O–H groups in total. The number of alkyl halides is 3. The highest BCUT2D eigenvalue weighted by molar-refractivity contribution is 8.00. The molecule has 0 aromatic rings. The van der Waals surface area contributed by atoms with Crippen LogP contribution in [-0.2, 0) is 0 Å². The lowest BCUT2D eigenvalue weighted by Gasteiger charge is -2.06. The van der Waals surface area contributed by atoms with E-state index in [0.717, 1.165) is 0 Å². The predicted octanol–water partition coefficient (Wildman–Crippen LogP) is 2.37. The van der Waals surface area contributed by atoms with Crippen molar-refractivity contribution in [3.05, 3.63) is 0 Å². The molecule has 0 heterocycles. The molecule has 0 saturated carbocycles. The minimum Gasteiger partial charge on any atom is -0.328 e. The summed E-state index contributed by atoms with van der Waals surface area (Å²) in [6.45, 7) is 1.79. The molecule has 11 heavy (non-hydrogen) atoms. The summed E-state index contributed by atoms with van der Waals surface area (Å²) in [6, 6.07) is 0.00355. The summed E-state index contributed by atoms with van der Waals surface area (Å²) in [7, 11) is 0. The summed E-state index contributed by atoms with van der Waals surface area (Å²) in [5.74, 6) is 0.116. The van der Waals surface area contributed by atoms with Crippen molar-refractivity contribution in [3.63, 3.8) is 0 Å². The fraction of sp³-hybridized carbons (Fsp3) is 1.00. The van der Waals surface area contributed by atoms with E-state index in [1.807, 2.05) is 0 Å². The van der Waals surface area contributed by atoms with Crippen LogP contribution >= 0.6 is 11.8 Å². The second-order valence-electron chi connectivity index (χ2n) is 2.41. The Morgan fingerprint density at radius 3 is 2.36 bits per heavy atom. The molecule has 0 aromatic heterocycles. The lowest BCUT2D eigenvalue weighted by Crippen LogP contribution is -2.14. The van der Waals surface area contributed by atoms with Crippen LogP contribution in [0.1, 0.15) is 19.8 Å². The van der Waals surface area contributed by atoms with Gasteiger partial charge >= 0.3 is 5.51 Å². The highest BCUT2D eigenvalue weighted by atomic mass is 32.2. The molecule has 0 spiro atoms. The minimum atomic E-state index is -4.09. The zero-order valence-corrected chi connectivity index (χ0v) is 7.13. The van der Waals surface area contributed by atoms with Gasteiger partial charge in [-0.25, -0.2) is 0 Å². The molecule has 0 fully saturated rings. The second-order valence-corrected chi connectivity index (χ2v) is 3.57.